The molecule has 0 radical (unpaired) electrons. The van der Waals surface area contributed by atoms with Crippen molar-refractivity contribution in [1.29, 1.82) is 0 Å². The number of aliphatic hydroxyl groups is 3. The summed E-state index contributed by atoms with van der Waals surface area (Å²) in [7, 11) is 0. The molecule has 1 aromatic heterocycles. The van der Waals surface area contributed by atoms with Crippen molar-refractivity contribution in [2.75, 3.05) is 37.6 Å². The minimum Gasteiger partial charge on any atom is -0.389 e. The van der Waals surface area contributed by atoms with E-state index in [1.165, 1.54) is 0 Å². The number of aromatic nitrogens is 1. The summed E-state index contributed by atoms with van der Waals surface area (Å²) in [5.41, 5.74) is -0.859. The first-order valence-electron chi connectivity index (χ1n) is 7.78. The number of aliphatic hydroxyl groups excluding tert-OH is 3. The van der Waals surface area contributed by atoms with Crippen molar-refractivity contribution >= 4 is 16.5 Å². The van der Waals surface area contributed by atoms with Gasteiger partial charge < -0.3 is 20.2 Å². The number of rotatable bonds is 3. The maximum atomic E-state index is 12.6. The summed E-state index contributed by atoms with van der Waals surface area (Å²) in [6.07, 6.45) is -6.71. The number of nitrogens with zero attached hydrogens (tertiary/aromatic N) is 3. The molecule has 1 aromatic rings. The Kier molecular flexibility index (Phi) is 5.03. The minimum atomic E-state index is -4.42. The number of likely N-dealkylation sites (tertiary alicyclic amines) is 1. The Hall–Kier alpha value is -0.940. The second-order valence-corrected chi connectivity index (χ2v) is 7.29. The predicted molar refractivity (Wildman–Crippen MR) is 81.9 cm³/mol. The van der Waals surface area contributed by atoms with Crippen molar-refractivity contribution in [2.24, 2.45) is 5.92 Å². The van der Waals surface area contributed by atoms with Crippen molar-refractivity contribution in [3.8, 4) is 0 Å². The lowest BCUT2D eigenvalue weighted by Crippen LogP contribution is -2.56. The molecule has 2 saturated heterocycles. The molecule has 0 bridgehead atoms. The van der Waals surface area contributed by atoms with Crippen LogP contribution in [0.25, 0.3) is 0 Å². The first-order valence-corrected chi connectivity index (χ1v) is 8.66. The quantitative estimate of drug-likeness (QED) is 0.717. The summed E-state index contributed by atoms with van der Waals surface area (Å²) >= 11 is 0.991. The zero-order valence-corrected chi connectivity index (χ0v) is 13.7. The lowest BCUT2D eigenvalue weighted by molar-refractivity contribution is -0.140. The van der Waals surface area contributed by atoms with Crippen molar-refractivity contribution < 1.29 is 28.5 Å². The van der Waals surface area contributed by atoms with Gasteiger partial charge in [0.15, 0.2) is 10.8 Å². The summed E-state index contributed by atoms with van der Waals surface area (Å²) in [4.78, 5) is 7.40. The summed E-state index contributed by atoms with van der Waals surface area (Å²) in [5, 5.41) is 30.4. The lowest BCUT2D eigenvalue weighted by atomic mass is 10.00. The molecule has 4 atom stereocenters. The predicted octanol–water partition coefficient (Wildman–Crippen LogP) is 0.387. The van der Waals surface area contributed by atoms with E-state index in [1.54, 1.807) is 0 Å². The summed E-state index contributed by atoms with van der Waals surface area (Å²) in [6.45, 7) is 2.41. The van der Waals surface area contributed by atoms with Crippen LogP contribution in [0.15, 0.2) is 5.38 Å². The van der Waals surface area contributed by atoms with Crippen LogP contribution >= 0.6 is 11.3 Å². The highest BCUT2D eigenvalue weighted by Gasteiger charge is 2.37. The molecule has 2 aliphatic heterocycles. The molecule has 6 nitrogen and oxygen atoms in total. The third-order valence-electron chi connectivity index (χ3n) is 4.53. The van der Waals surface area contributed by atoms with E-state index in [4.69, 9.17) is 0 Å². The standard InChI is InChI=1S/C14H20F3N3O3S/c15-14(16,17)11-7-24-13(18-11)20-2-1-8(4-20)3-19-5-9(21)12(23)10(22)6-19/h7-10,12,21-23H,1-6H2/t8-,9-,10+,12?/m0/s1. The largest absolute Gasteiger partial charge is 0.434 e. The molecule has 0 saturated carbocycles. The van der Waals surface area contributed by atoms with E-state index in [0.717, 1.165) is 23.1 Å². The highest BCUT2D eigenvalue weighted by atomic mass is 32.1. The Morgan fingerprint density at radius 2 is 1.83 bits per heavy atom. The van der Waals surface area contributed by atoms with Crippen LogP contribution in [0.4, 0.5) is 18.3 Å². The Labute approximate surface area is 141 Å². The Bertz CT molecular complexity index is 559. The van der Waals surface area contributed by atoms with E-state index < -0.39 is 30.2 Å². The molecule has 24 heavy (non-hydrogen) atoms. The molecule has 0 aromatic carbocycles. The molecule has 3 N–H and O–H groups in total. The van der Waals surface area contributed by atoms with Crippen molar-refractivity contribution in [1.82, 2.24) is 9.88 Å². The van der Waals surface area contributed by atoms with Gasteiger partial charge in [0, 0.05) is 38.1 Å². The van der Waals surface area contributed by atoms with Crippen LogP contribution in [-0.4, -0.2) is 76.2 Å². The van der Waals surface area contributed by atoms with Crippen LogP contribution in [0.5, 0.6) is 0 Å². The van der Waals surface area contributed by atoms with E-state index in [0.29, 0.717) is 24.8 Å². The van der Waals surface area contributed by atoms with E-state index in [2.05, 4.69) is 4.98 Å². The lowest BCUT2D eigenvalue weighted by Gasteiger charge is -2.37. The van der Waals surface area contributed by atoms with Gasteiger partial charge in [-0.1, -0.05) is 0 Å². The molecule has 10 heteroatoms. The van der Waals surface area contributed by atoms with E-state index >= 15 is 0 Å². The van der Waals surface area contributed by atoms with Gasteiger partial charge in [-0.2, -0.15) is 13.2 Å². The van der Waals surface area contributed by atoms with Gasteiger partial charge in [0.25, 0.3) is 0 Å². The van der Waals surface area contributed by atoms with Gasteiger partial charge >= 0.3 is 6.18 Å². The van der Waals surface area contributed by atoms with E-state index in [9.17, 15) is 28.5 Å². The Balaban J connectivity index is 1.55. The van der Waals surface area contributed by atoms with Crippen LogP contribution in [-0.2, 0) is 6.18 Å². The first kappa shape index (κ1) is 17.9. The smallest absolute Gasteiger partial charge is 0.389 e. The van der Waals surface area contributed by atoms with Crippen LogP contribution in [0.2, 0.25) is 0 Å². The SMILES string of the molecule is OC1[C@H](O)CN(C[C@@H]2CCN(c3nc(C(F)(F)F)cs3)C2)C[C@@H]1O. The number of hydrogen-bond acceptors (Lipinski definition) is 7. The third-order valence-corrected chi connectivity index (χ3v) is 5.44. The summed E-state index contributed by atoms with van der Waals surface area (Å²) in [5.74, 6) is 0.220. The van der Waals surface area contributed by atoms with Crippen LogP contribution < -0.4 is 4.90 Å². The molecule has 3 heterocycles. The highest BCUT2D eigenvalue weighted by molar-refractivity contribution is 7.13. The fourth-order valence-electron chi connectivity index (χ4n) is 3.29. The van der Waals surface area contributed by atoms with Gasteiger partial charge in [-0.15, -0.1) is 11.3 Å². The zero-order valence-electron chi connectivity index (χ0n) is 12.9. The Morgan fingerprint density at radius 3 is 2.42 bits per heavy atom. The van der Waals surface area contributed by atoms with Gasteiger partial charge in [0.1, 0.15) is 6.10 Å². The molecule has 136 valence electrons. The molecule has 0 spiro atoms. The molecule has 2 fully saturated rings. The van der Waals surface area contributed by atoms with Crippen molar-refractivity contribution in [3.63, 3.8) is 0 Å². The average molecular weight is 367 g/mol. The molecule has 2 aliphatic rings. The topological polar surface area (TPSA) is 80.1 Å². The second kappa shape index (κ2) is 6.75. The number of β-amino-alcohol motifs (C(OH)–C–C–N with tert-alkyl or cyclic N) is 2. The second-order valence-electron chi connectivity index (χ2n) is 6.46. The van der Waals surface area contributed by atoms with Gasteiger partial charge in [-0.3, -0.25) is 4.90 Å². The van der Waals surface area contributed by atoms with Gasteiger partial charge in [-0.05, 0) is 12.3 Å². The van der Waals surface area contributed by atoms with Gasteiger partial charge in [0.2, 0.25) is 0 Å². The number of halogens is 3. The highest BCUT2D eigenvalue weighted by Crippen LogP contribution is 2.34. The normalized spacial score (nSPS) is 32.5. The molecule has 0 amide bonds. The Morgan fingerprint density at radius 1 is 1.17 bits per heavy atom. The minimum absolute atomic E-state index is 0.220. The fraction of sp³-hybridized carbons (Fsp3) is 0.786. The van der Waals surface area contributed by atoms with Crippen LogP contribution in [0.3, 0.4) is 0 Å². The maximum Gasteiger partial charge on any atom is 0.434 e. The van der Waals surface area contributed by atoms with Crippen molar-refractivity contribution in [2.45, 2.75) is 30.9 Å². The summed E-state index contributed by atoms with van der Waals surface area (Å²) in [6, 6.07) is 0. The number of piperidine rings is 1. The third kappa shape index (κ3) is 3.83. The van der Waals surface area contributed by atoms with E-state index in [1.807, 2.05) is 9.80 Å². The average Bonchev–Trinajstić information content (AvgIpc) is 3.12. The first-order chi connectivity index (χ1) is 11.2. The molecule has 1 unspecified atom stereocenters. The summed E-state index contributed by atoms with van der Waals surface area (Å²) < 4.78 is 37.9. The van der Waals surface area contributed by atoms with Crippen LogP contribution in [0.1, 0.15) is 12.1 Å². The number of alkyl halides is 3. The monoisotopic (exact) mass is 367 g/mol. The molecular formula is C14H20F3N3O3S. The maximum absolute atomic E-state index is 12.6. The number of thiazole rings is 1. The zero-order chi connectivity index (χ0) is 17.5. The van der Waals surface area contributed by atoms with Gasteiger partial charge in [-0.25, -0.2) is 4.98 Å². The molecule has 0 aliphatic carbocycles. The number of anilines is 1. The van der Waals surface area contributed by atoms with Crippen molar-refractivity contribution in [3.05, 3.63) is 11.1 Å². The van der Waals surface area contributed by atoms with Crippen LogP contribution in [0, 0.1) is 5.92 Å². The molecule has 3 rings (SSSR count). The molecular weight excluding hydrogens is 347 g/mol. The fourth-order valence-corrected chi connectivity index (χ4v) is 4.15. The van der Waals surface area contributed by atoms with Gasteiger partial charge in [0.05, 0.1) is 12.2 Å². The number of hydrogen-bond donors (Lipinski definition) is 3. The van der Waals surface area contributed by atoms with E-state index in [-0.39, 0.29) is 19.0 Å².